The summed E-state index contributed by atoms with van der Waals surface area (Å²) in [4.78, 5) is 14.5. The van der Waals surface area contributed by atoms with Gasteiger partial charge in [-0.3, -0.25) is 4.79 Å². The van der Waals surface area contributed by atoms with Crippen molar-refractivity contribution in [2.75, 3.05) is 11.9 Å². The number of carbonyl (C=O) groups excluding carboxylic acids is 1. The molecular formula is C17H18N2OS. The highest BCUT2D eigenvalue weighted by Crippen LogP contribution is 2.22. The van der Waals surface area contributed by atoms with Crippen molar-refractivity contribution < 1.29 is 4.79 Å². The van der Waals surface area contributed by atoms with Crippen LogP contribution in [0, 0.1) is 6.92 Å². The molecule has 1 unspecified atom stereocenters. The number of nitrogens with two attached hydrogens (primary N) is 1. The van der Waals surface area contributed by atoms with Crippen LogP contribution in [0.2, 0.25) is 0 Å². The Hall–Kier alpha value is -2.20. The normalized spacial score (nSPS) is 11.7. The molecule has 2 rings (SSSR count). The third-order valence-corrected chi connectivity index (χ3v) is 3.65. The number of likely N-dealkylation sites (N-methyl/N-ethyl adjacent to an activating group) is 1. The minimum Gasteiger partial charge on any atom is -0.392 e. The number of benzene rings is 2. The minimum atomic E-state index is -0.604. The predicted molar refractivity (Wildman–Crippen MR) is 90.6 cm³/mol. The molecule has 0 saturated carbocycles. The minimum absolute atomic E-state index is 0.127. The maximum atomic E-state index is 12.7. The van der Waals surface area contributed by atoms with Crippen molar-refractivity contribution >= 4 is 28.8 Å². The highest BCUT2D eigenvalue weighted by Gasteiger charge is 2.27. The van der Waals surface area contributed by atoms with Gasteiger partial charge in [-0.1, -0.05) is 60.2 Å². The van der Waals surface area contributed by atoms with Crippen LogP contribution in [0.3, 0.4) is 0 Å². The molecule has 1 amide bonds. The molecule has 21 heavy (non-hydrogen) atoms. The van der Waals surface area contributed by atoms with Crippen LogP contribution in [0.25, 0.3) is 0 Å². The molecule has 4 heteroatoms. The summed E-state index contributed by atoms with van der Waals surface area (Å²) in [6, 6.07) is 17.1. The number of thiocarbonyl (C=S) groups is 1. The molecule has 0 aliphatic carbocycles. The van der Waals surface area contributed by atoms with Crippen LogP contribution in [0.4, 0.5) is 5.69 Å². The first-order valence-electron chi connectivity index (χ1n) is 6.69. The fraction of sp³-hybridized carbons (Fsp3) is 0.176. The molecule has 0 radical (unpaired) electrons. The number of hydrogen-bond donors (Lipinski definition) is 1. The second-order valence-corrected chi connectivity index (χ2v) is 5.45. The van der Waals surface area contributed by atoms with E-state index in [1.54, 1.807) is 11.9 Å². The van der Waals surface area contributed by atoms with Crippen LogP contribution >= 0.6 is 12.2 Å². The maximum absolute atomic E-state index is 12.7. The maximum Gasteiger partial charge on any atom is 0.241 e. The number of amides is 1. The molecule has 2 aromatic rings. The van der Waals surface area contributed by atoms with E-state index in [9.17, 15) is 4.79 Å². The SMILES string of the molecule is Cc1ccc(N(C)C(=O)C(C(N)=S)c2ccccc2)cc1. The van der Waals surface area contributed by atoms with Crippen LogP contribution in [0.15, 0.2) is 54.6 Å². The van der Waals surface area contributed by atoms with E-state index >= 15 is 0 Å². The Balaban J connectivity index is 2.31. The molecule has 1 atom stereocenters. The molecule has 0 aromatic heterocycles. The first-order valence-corrected chi connectivity index (χ1v) is 7.10. The van der Waals surface area contributed by atoms with Gasteiger partial charge < -0.3 is 10.6 Å². The van der Waals surface area contributed by atoms with E-state index in [2.05, 4.69) is 0 Å². The summed E-state index contributed by atoms with van der Waals surface area (Å²) in [6.45, 7) is 2.01. The summed E-state index contributed by atoms with van der Waals surface area (Å²) in [5.41, 5.74) is 8.58. The Kier molecular flexibility index (Phi) is 4.70. The summed E-state index contributed by atoms with van der Waals surface area (Å²) < 4.78 is 0. The van der Waals surface area contributed by atoms with Gasteiger partial charge in [-0.05, 0) is 24.6 Å². The first kappa shape index (κ1) is 15.2. The molecule has 108 valence electrons. The fourth-order valence-electron chi connectivity index (χ4n) is 2.16. The van der Waals surface area contributed by atoms with Crippen LogP contribution in [0.5, 0.6) is 0 Å². The van der Waals surface area contributed by atoms with Crippen molar-refractivity contribution in [2.24, 2.45) is 5.73 Å². The van der Waals surface area contributed by atoms with Gasteiger partial charge in [0.25, 0.3) is 0 Å². The van der Waals surface area contributed by atoms with Gasteiger partial charge in [-0.25, -0.2) is 0 Å². The van der Waals surface area contributed by atoms with E-state index < -0.39 is 5.92 Å². The van der Waals surface area contributed by atoms with E-state index in [1.807, 2.05) is 61.5 Å². The Morgan fingerprint density at radius 3 is 2.19 bits per heavy atom. The van der Waals surface area contributed by atoms with Gasteiger partial charge in [0.2, 0.25) is 5.91 Å². The third-order valence-electron chi connectivity index (χ3n) is 3.42. The molecular weight excluding hydrogens is 280 g/mol. The molecule has 0 aliphatic rings. The highest BCUT2D eigenvalue weighted by atomic mass is 32.1. The van der Waals surface area contributed by atoms with E-state index in [0.717, 1.165) is 16.8 Å². The van der Waals surface area contributed by atoms with Crippen molar-refractivity contribution in [1.29, 1.82) is 0 Å². The lowest BCUT2D eigenvalue weighted by molar-refractivity contribution is -0.118. The molecule has 0 spiro atoms. The predicted octanol–water partition coefficient (Wildman–Crippen LogP) is 3.03. The molecule has 2 N–H and O–H groups in total. The fourth-order valence-corrected chi connectivity index (χ4v) is 2.40. The number of nitrogens with zero attached hydrogens (tertiary/aromatic N) is 1. The summed E-state index contributed by atoms with van der Waals surface area (Å²) in [5.74, 6) is -0.731. The summed E-state index contributed by atoms with van der Waals surface area (Å²) in [7, 11) is 1.74. The first-order chi connectivity index (χ1) is 10.0. The van der Waals surface area contributed by atoms with Crippen molar-refractivity contribution in [3.63, 3.8) is 0 Å². The quantitative estimate of drug-likeness (QED) is 0.883. The second kappa shape index (κ2) is 6.50. The van der Waals surface area contributed by atoms with Crippen LogP contribution in [-0.4, -0.2) is 17.9 Å². The Labute approximate surface area is 130 Å². The van der Waals surface area contributed by atoms with Gasteiger partial charge >= 0.3 is 0 Å². The Morgan fingerprint density at radius 1 is 1.10 bits per heavy atom. The Morgan fingerprint density at radius 2 is 1.67 bits per heavy atom. The van der Waals surface area contributed by atoms with Gasteiger partial charge in [0.1, 0.15) is 5.92 Å². The summed E-state index contributed by atoms with van der Waals surface area (Å²) >= 11 is 5.10. The zero-order valence-electron chi connectivity index (χ0n) is 12.1. The second-order valence-electron chi connectivity index (χ2n) is 4.98. The zero-order valence-corrected chi connectivity index (χ0v) is 12.9. The Bertz CT molecular complexity index is 638. The zero-order chi connectivity index (χ0) is 15.4. The monoisotopic (exact) mass is 298 g/mol. The number of rotatable bonds is 4. The van der Waals surface area contributed by atoms with Crippen molar-refractivity contribution in [2.45, 2.75) is 12.8 Å². The van der Waals surface area contributed by atoms with Gasteiger partial charge in [-0.15, -0.1) is 0 Å². The molecule has 0 heterocycles. The number of anilines is 1. The topological polar surface area (TPSA) is 46.3 Å². The number of aryl methyl sites for hydroxylation is 1. The van der Waals surface area contributed by atoms with Crippen LogP contribution in [0.1, 0.15) is 17.0 Å². The number of carbonyl (C=O) groups is 1. The van der Waals surface area contributed by atoms with Crippen molar-refractivity contribution in [3.8, 4) is 0 Å². The van der Waals surface area contributed by atoms with Gasteiger partial charge in [0, 0.05) is 12.7 Å². The molecule has 0 bridgehead atoms. The van der Waals surface area contributed by atoms with Crippen LogP contribution in [-0.2, 0) is 4.79 Å². The average Bonchev–Trinajstić information content (AvgIpc) is 2.48. The largest absolute Gasteiger partial charge is 0.392 e. The molecule has 0 fully saturated rings. The summed E-state index contributed by atoms with van der Waals surface area (Å²) in [6.07, 6.45) is 0. The van der Waals surface area contributed by atoms with Crippen molar-refractivity contribution in [1.82, 2.24) is 0 Å². The van der Waals surface area contributed by atoms with E-state index in [4.69, 9.17) is 18.0 Å². The van der Waals surface area contributed by atoms with Gasteiger partial charge in [0.15, 0.2) is 0 Å². The standard InChI is InChI=1S/C17H18N2OS/c1-12-8-10-14(11-9-12)19(2)17(20)15(16(18)21)13-6-4-3-5-7-13/h3-11,15H,1-2H3,(H2,18,21). The van der Waals surface area contributed by atoms with E-state index in [0.29, 0.717) is 0 Å². The van der Waals surface area contributed by atoms with Gasteiger partial charge in [-0.2, -0.15) is 0 Å². The molecule has 0 saturated heterocycles. The lowest BCUT2D eigenvalue weighted by Gasteiger charge is -2.23. The summed E-state index contributed by atoms with van der Waals surface area (Å²) in [5, 5.41) is 0. The molecule has 2 aromatic carbocycles. The third kappa shape index (κ3) is 3.47. The average molecular weight is 298 g/mol. The van der Waals surface area contributed by atoms with E-state index in [-0.39, 0.29) is 10.9 Å². The molecule has 3 nitrogen and oxygen atoms in total. The van der Waals surface area contributed by atoms with E-state index in [1.165, 1.54) is 0 Å². The highest BCUT2D eigenvalue weighted by molar-refractivity contribution is 7.80. The number of hydrogen-bond acceptors (Lipinski definition) is 2. The van der Waals surface area contributed by atoms with Crippen molar-refractivity contribution in [3.05, 3.63) is 65.7 Å². The van der Waals surface area contributed by atoms with Gasteiger partial charge in [0.05, 0.1) is 4.99 Å². The van der Waals surface area contributed by atoms with Crippen LogP contribution < -0.4 is 10.6 Å². The smallest absolute Gasteiger partial charge is 0.241 e. The molecule has 0 aliphatic heterocycles. The lowest BCUT2D eigenvalue weighted by Crippen LogP contribution is -2.37. The lowest BCUT2D eigenvalue weighted by atomic mass is 9.97.